The molecule has 0 aromatic carbocycles. The Labute approximate surface area is 128 Å². The number of rotatable bonds is 2. The molecule has 1 amide bonds. The number of aromatic nitrogens is 1. The van der Waals surface area contributed by atoms with Crippen molar-refractivity contribution >= 4 is 23.0 Å². The molecule has 1 N–H and O–H groups in total. The van der Waals surface area contributed by atoms with Crippen molar-refractivity contribution in [3.05, 3.63) is 41.2 Å². The first-order valence-electron chi connectivity index (χ1n) is 7.48. The summed E-state index contributed by atoms with van der Waals surface area (Å²) < 4.78 is 1.89. The number of hydrogen-bond donors (Lipinski definition) is 1. The second-order valence-electron chi connectivity index (χ2n) is 6.23. The predicted molar refractivity (Wildman–Crippen MR) is 82.8 cm³/mol. The maximum atomic E-state index is 12.4. The van der Waals surface area contributed by atoms with Gasteiger partial charge in [-0.2, -0.15) is 0 Å². The molecule has 4 heterocycles. The van der Waals surface area contributed by atoms with E-state index in [4.69, 9.17) is 11.6 Å². The summed E-state index contributed by atoms with van der Waals surface area (Å²) >= 11 is 5.98. The van der Waals surface area contributed by atoms with Crippen molar-refractivity contribution in [3.63, 3.8) is 0 Å². The van der Waals surface area contributed by atoms with Gasteiger partial charge < -0.3 is 14.6 Å². The van der Waals surface area contributed by atoms with Crippen molar-refractivity contribution < 1.29 is 4.79 Å². The van der Waals surface area contributed by atoms with Crippen molar-refractivity contribution in [2.75, 3.05) is 19.6 Å². The van der Waals surface area contributed by atoms with Gasteiger partial charge in [0, 0.05) is 37.0 Å². The summed E-state index contributed by atoms with van der Waals surface area (Å²) in [4.78, 5) is 14.9. The normalized spacial score (nSPS) is 28.0. The Hall–Kier alpha value is -1.52. The Morgan fingerprint density at radius 3 is 3.05 bits per heavy atom. The van der Waals surface area contributed by atoms with Crippen molar-refractivity contribution in [2.45, 2.75) is 18.9 Å². The fourth-order valence-corrected chi connectivity index (χ4v) is 3.86. The van der Waals surface area contributed by atoms with Gasteiger partial charge in [-0.15, -0.1) is 0 Å². The molecule has 2 fully saturated rings. The Bertz CT molecular complexity index is 684. The molecule has 0 radical (unpaired) electrons. The molecule has 0 aliphatic carbocycles. The molecule has 110 valence electrons. The van der Waals surface area contributed by atoms with Gasteiger partial charge in [-0.05, 0) is 43.5 Å². The van der Waals surface area contributed by atoms with Gasteiger partial charge in [0.2, 0.25) is 0 Å². The summed E-state index contributed by atoms with van der Waals surface area (Å²) in [6, 6.07) is 5.95. The van der Waals surface area contributed by atoms with Gasteiger partial charge in [-0.25, -0.2) is 0 Å². The predicted octanol–water partition coefficient (Wildman–Crippen LogP) is 2.42. The third-order valence-corrected chi connectivity index (χ3v) is 4.83. The van der Waals surface area contributed by atoms with Gasteiger partial charge in [0.05, 0.1) is 10.6 Å². The summed E-state index contributed by atoms with van der Waals surface area (Å²) in [6.07, 6.45) is 6.05. The lowest BCUT2D eigenvalue weighted by molar-refractivity contribution is 0.0909. The van der Waals surface area contributed by atoms with Crippen molar-refractivity contribution in [1.82, 2.24) is 14.6 Å². The van der Waals surface area contributed by atoms with Gasteiger partial charge in [0.15, 0.2) is 0 Å². The van der Waals surface area contributed by atoms with Crippen molar-refractivity contribution in [2.24, 2.45) is 5.92 Å². The molecule has 3 atom stereocenters. The average molecular weight is 304 g/mol. The molecular weight excluding hydrogens is 286 g/mol. The summed E-state index contributed by atoms with van der Waals surface area (Å²) in [6.45, 7) is 3.38. The molecular formula is C16H18ClN3O. The fourth-order valence-electron chi connectivity index (χ4n) is 3.64. The quantitative estimate of drug-likeness (QED) is 0.925. The second-order valence-corrected chi connectivity index (χ2v) is 6.67. The summed E-state index contributed by atoms with van der Waals surface area (Å²) in [5, 5.41) is 3.87. The van der Waals surface area contributed by atoms with Crippen LogP contribution in [0, 0.1) is 5.92 Å². The van der Waals surface area contributed by atoms with E-state index >= 15 is 0 Å². The Kier molecular flexibility index (Phi) is 3.16. The van der Waals surface area contributed by atoms with Crippen molar-refractivity contribution in [3.8, 4) is 0 Å². The van der Waals surface area contributed by atoms with Gasteiger partial charge in [-0.1, -0.05) is 11.6 Å². The molecule has 2 aliphatic heterocycles. The van der Waals surface area contributed by atoms with Crippen LogP contribution in [0.3, 0.4) is 0 Å². The highest BCUT2D eigenvalue weighted by Gasteiger charge is 2.32. The summed E-state index contributed by atoms with van der Waals surface area (Å²) in [7, 11) is 0. The number of hydrogen-bond acceptors (Lipinski definition) is 2. The molecule has 0 saturated carbocycles. The highest BCUT2D eigenvalue weighted by molar-refractivity contribution is 6.31. The van der Waals surface area contributed by atoms with E-state index in [1.54, 1.807) is 0 Å². The first-order chi connectivity index (χ1) is 10.2. The number of carbonyl (C=O) groups is 1. The lowest BCUT2D eigenvalue weighted by atomic mass is 9.96. The van der Waals surface area contributed by atoms with E-state index < -0.39 is 0 Å². The van der Waals surface area contributed by atoms with Crippen molar-refractivity contribution in [1.29, 1.82) is 0 Å². The van der Waals surface area contributed by atoms with Gasteiger partial charge in [0.25, 0.3) is 5.91 Å². The minimum absolute atomic E-state index is 0.00854. The minimum atomic E-state index is 0.00854. The molecule has 2 aromatic rings. The number of nitrogens with zero attached hydrogens (tertiary/aromatic N) is 2. The summed E-state index contributed by atoms with van der Waals surface area (Å²) in [5.74, 6) is 0.768. The monoisotopic (exact) mass is 303 g/mol. The van der Waals surface area contributed by atoms with Crippen LogP contribution in [-0.4, -0.2) is 40.9 Å². The third-order valence-electron chi connectivity index (χ3n) is 4.62. The topological polar surface area (TPSA) is 36.8 Å². The Morgan fingerprint density at radius 2 is 2.19 bits per heavy atom. The maximum Gasteiger partial charge on any atom is 0.253 e. The number of halogens is 1. The van der Waals surface area contributed by atoms with Crippen LogP contribution >= 0.6 is 11.6 Å². The first kappa shape index (κ1) is 13.2. The van der Waals surface area contributed by atoms with Crippen LogP contribution < -0.4 is 5.32 Å². The molecule has 2 bridgehead atoms. The van der Waals surface area contributed by atoms with E-state index in [1.807, 2.05) is 35.0 Å². The zero-order valence-electron chi connectivity index (χ0n) is 11.8. The van der Waals surface area contributed by atoms with E-state index in [9.17, 15) is 4.79 Å². The number of carbonyl (C=O) groups excluding carboxylic acids is 1. The lowest BCUT2D eigenvalue weighted by Gasteiger charge is -2.30. The van der Waals surface area contributed by atoms with E-state index in [0.29, 0.717) is 10.6 Å². The largest absolute Gasteiger partial charge is 0.348 e. The second kappa shape index (κ2) is 5.04. The number of piperidine rings is 1. The molecule has 4 nitrogen and oxygen atoms in total. The van der Waals surface area contributed by atoms with Gasteiger partial charge in [0.1, 0.15) is 0 Å². The first-order valence-corrected chi connectivity index (χ1v) is 7.86. The van der Waals surface area contributed by atoms with E-state index in [0.717, 1.165) is 24.4 Å². The highest BCUT2D eigenvalue weighted by atomic mass is 35.5. The molecule has 2 saturated heterocycles. The number of nitrogens with one attached hydrogen (secondary N) is 1. The van der Waals surface area contributed by atoms with Gasteiger partial charge in [-0.3, -0.25) is 4.79 Å². The number of amides is 1. The van der Waals surface area contributed by atoms with Crippen LogP contribution in [0.15, 0.2) is 30.6 Å². The zero-order valence-corrected chi connectivity index (χ0v) is 12.5. The number of fused-ring (bicyclic) bond motifs is 3. The molecule has 2 aromatic heterocycles. The zero-order chi connectivity index (χ0) is 14.4. The van der Waals surface area contributed by atoms with Crippen LogP contribution in [0.5, 0.6) is 0 Å². The standard InChI is InChI=1S/C16H18ClN3O/c17-13-6-15-2-1-12(8-20(15)9-13)16(21)18-14-5-11-3-4-19(7-11)10-14/h1-2,6,8-9,11,14H,3-5,7,10H2,(H,18,21). The van der Waals surface area contributed by atoms with Gasteiger partial charge >= 0.3 is 0 Å². The molecule has 3 unspecified atom stereocenters. The molecule has 2 aliphatic rings. The van der Waals surface area contributed by atoms with E-state index in [2.05, 4.69) is 10.2 Å². The Balaban J connectivity index is 1.50. The third kappa shape index (κ3) is 2.54. The highest BCUT2D eigenvalue weighted by Crippen LogP contribution is 2.26. The summed E-state index contributed by atoms with van der Waals surface area (Å²) in [5.41, 5.74) is 1.68. The molecule has 21 heavy (non-hydrogen) atoms. The smallest absolute Gasteiger partial charge is 0.253 e. The Morgan fingerprint density at radius 1 is 1.29 bits per heavy atom. The van der Waals surface area contributed by atoms with Crippen LogP contribution in [0.4, 0.5) is 0 Å². The van der Waals surface area contributed by atoms with Crippen LogP contribution in [0.1, 0.15) is 23.2 Å². The van der Waals surface area contributed by atoms with E-state index in [-0.39, 0.29) is 11.9 Å². The molecule has 5 heteroatoms. The number of pyridine rings is 1. The van der Waals surface area contributed by atoms with E-state index in [1.165, 1.54) is 19.5 Å². The fraction of sp³-hybridized carbons (Fsp3) is 0.438. The molecule has 0 spiro atoms. The average Bonchev–Trinajstić information content (AvgIpc) is 2.99. The van der Waals surface area contributed by atoms with Crippen LogP contribution in [-0.2, 0) is 0 Å². The maximum absolute atomic E-state index is 12.4. The minimum Gasteiger partial charge on any atom is -0.348 e. The van der Waals surface area contributed by atoms with Crippen LogP contribution in [0.25, 0.3) is 5.52 Å². The lowest BCUT2D eigenvalue weighted by Crippen LogP contribution is -2.47. The SMILES string of the molecule is O=C(NC1CC2CCN(C2)C1)c1ccc2cc(Cl)cn2c1. The molecule has 4 rings (SSSR count). The van der Waals surface area contributed by atoms with Crippen LogP contribution in [0.2, 0.25) is 5.02 Å².